The van der Waals surface area contributed by atoms with E-state index in [-0.39, 0.29) is 36.3 Å². The summed E-state index contributed by atoms with van der Waals surface area (Å²) in [5.41, 5.74) is 3.73. The minimum absolute atomic E-state index is 0.00321. The third-order valence-corrected chi connectivity index (χ3v) is 5.52. The number of nitro benzene ring substituents is 1. The molecule has 0 aliphatic heterocycles. The number of rotatable bonds is 8. The molecule has 2 aromatic carbocycles. The first-order chi connectivity index (χ1) is 15.5. The number of hydrogen-bond donors (Lipinski definition) is 1. The van der Waals surface area contributed by atoms with Crippen molar-refractivity contribution in [3.8, 4) is 11.6 Å². The summed E-state index contributed by atoms with van der Waals surface area (Å²) in [5, 5.41) is 20.1. The molecule has 0 aliphatic rings. The molecule has 0 saturated carbocycles. The fourth-order valence-electron chi connectivity index (χ4n) is 2.94. The summed E-state index contributed by atoms with van der Waals surface area (Å²) >= 11 is 1.51. The van der Waals surface area contributed by atoms with Crippen LogP contribution < -0.4 is 5.32 Å². The molecule has 162 valence electrons. The average Bonchev–Trinajstić information content (AvgIpc) is 3.44. The zero-order valence-corrected chi connectivity index (χ0v) is 18.0. The maximum atomic E-state index is 12.2. The van der Waals surface area contributed by atoms with Gasteiger partial charge in [0.15, 0.2) is 5.82 Å². The van der Waals surface area contributed by atoms with Gasteiger partial charge < -0.3 is 9.84 Å². The fourth-order valence-corrected chi connectivity index (χ4v) is 3.75. The molecule has 1 amide bonds. The molecule has 4 rings (SSSR count). The Morgan fingerprint density at radius 1 is 1.09 bits per heavy atom. The van der Waals surface area contributed by atoms with E-state index < -0.39 is 4.92 Å². The molecular weight excluding hydrogens is 430 g/mol. The van der Waals surface area contributed by atoms with Crippen molar-refractivity contribution >= 4 is 22.9 Å². The first-order valence-electron chi connectivity index (χ1n) is 9.79. The van der Waals surface area contributed by atoms with Gasteiger partial charge in [-0.15, -0.1) is 11.3 Å². The predicted molar refractivity (Wildman–Crippen MR) is 118 cm³/mol. The van der Waals surface area contributed by atoms with Gasteiger partial charge in [0.05, 0.1) is 16.4 Å². The Morgan fingerprint density at radius 3 is 2.53 bits per heavy atom. The molecule has 32 heavy (non-hydrogen) atoms. The summed E-state index contributed by atoms with van der Waals surface area (Å²) in [6.07, 6.45) is 0.674. The highest BCUT2D eigenvalue weighted by Gasteiger charge is 2.15. The third kappa shape index (κ3) is 5.41. The van der Waals surface area contributed by atoms with Gasteiger partial charge in [-0.2, -0.15) is 4.98 Å². The number of nitro groups is 1. The molecule has 0 radical (unpaired) electrons. The van der Waals surface area contributed by atoms with E-state index in [2.05, 4.69) is 44.7 Å². The zero-order chi connectivity index (χ0) is 22.5. The number of benzene rings is 2. The Labute approximate surface area is 187 Å². The number of thiazole rings is 1. The average molecular weight is 449 g/mol. The lowest BCUT2D eigenvalue weighted by Gasteiger charge is -2.03. The van der Waals surface area contributed by atoms with Gasteiger partial charge in [-0.25, -0.2) is 4.98 Å². The first-order valence-corrected chi connectivity index (χ1v) is 10.7. The van der Waals surface area contributed by atoms with Crippen molar-refractivity contribution < 1.29 is 14.2 Å². The number of carbonyl (C=O) groups excluding carboxylic acids is 1. The molecule has 0 bridgehead atoms. The van der Waals surface area contributed by atoms with Crippen molar-refractivity contribution in [2.75, 3.05) is 0 Å². The van der Waals surface area contributed by atoms with Gasteiger partial charge in [-0.1, -0.05) is 47.1 Å². The molecule has 0 spiro atoms. The summed E-state index contributed by atoms with van der Waals surface area (Å²) < 4.78 is 5.27. The van der Waals surface area contributed by atoms with E-state index in [1.165, 1.54) is 34.6 Å². The van der Waals surface area contributed by atoms with E-state index in [1.807, 2.05) is 12.3 Å². The minimum Gasteiger partial charge on any atom is -0.352 e. The van der Waals surface area contributed by atoms with Crippen molar-refractivity contribution in [2.24, 2.45) is 0 Å². The monoisotopic (exact) mass is 449 g/mol. The Hall–Kier alpha value is -3.92. The normalized spacial score (nSPS) is 10.8. The highest BCUT2D eigenvalue weighted by atomic mass is 32.1. The lowest BCUT2D eigenvalue weighted by Crippen LogP contribution is -2.24. The minimum atomic E-state index is -0.468. The van der Waals surface area contributed by atoms with Gasteiger partial charge in [0.1, 0.15) is 5.69 Å². The van der Waals surface area contributed by atoms with E-state index in [4.69, 9.17) is 4.52 Å². The smallest absolute Gasteiger partial charge is 0.277 e. The van der Waals surface area contributed by atoms with Crippen LogP contribution in [0.25, 0.3) is 11.6 Å². The molecule has 2 aromatic heterocycles. The molecule has 4 aromatic rings. The maximum absolute atomic E-state index is 12.2. The van der Waals surface area contributed by atoms with Gasteiger partial charge in [0, 0.05) is 30.5 Å². The second-order valence-electron chi connectivity index (χ2n) is 7.18. The molecule has 0 saturated heterocycles. The van der Waals surface area contributed by atoms with Crippen molar-refractivity contribution in [1.29, 1.82) is 0 Å². The number of hydrogen-bond acceptors (Lipinski definition) is 8. The largest absolute Gasteiger partial charge is 0.352 e. The third-order valence-electron chi connectivity index (χ3n) is 4.67. The van der Waals surface area contributed by atoms with Crippen LogP contribution in [0, 0.1) is 17.0 Å². The van der Waals surface area contributed by atoms with E-state index in [1.54, 1.807) is 12.1 Å². The molecule has 0 atom stereocenters. The molecule has 0 unspecified atom stereocenters. The topological polar surface area (TPSA) is 124 Å². The van der Waals surface area contributed by atoms with Crippen molar-refractivity contribution in [2.45, 2.75) is 26.3 Å². The quantitative estimate of drug-likeness (QED) is 0.320. The number of nitrogens with one attached hydrogen (secondary N) is 1. The molecule has 1 N–H and O–H groups in total. The van der Waals surface area contributed by atoms with Gasteiger partial charge >= 0.3 is 0 Å². The molecule has 10 heteroatoms. The zero-order valence-electron chi connectivity index (χ0n) is 17.1. The number of aryl methyl sites for hydroxylation is 1. The fraction of sp³-hybridized carbons (Fsp3) is 0.182. The van der Waals surface area contributed by atoms with E-state index in [9.17, 15) is 14.9 Å². The Morgan fingerprint density at radius 2 is 1.81 bits per heavy atom. The van der Waals surface area contributed by atoms with Crippen LogP contribution in [0.5, 0.6) is 0 Å². The van der Waals surface area contributed by atoms with Crippen LogP contribution in [0.2, 0.25) is 0 Å². The molecular formula is C22H19N5O4S. The number of nitrogens with zero attached hydrogens (tertiary/aromatic N) is 4. The Bertz CT molecular complexity index is 1230. The van der Waals surface area contributed by atoms with Crippen LogP contribution in [0.4, 0.5) is 5.69 Å². The van der Waals surface area contributed by atoms with Crippen molar-refractivity contribution in [3.05, 3.63) is 91.5 Å². The van der Waals surface area contributed by atoms with Crippen LogP contribution in [-0.2, 0) is 24.2 Å². The summed E-state index contributed by atoms with van der Waals surface area (Å²) in [7, 11) is 0. The van der Waals surface area contributed by atoms with E-state index >= 15 is 0 Å². The number of amides is 1. The molecule has 0 fully saturated rings. The second-order valence-corrected chi connectivity index (χ2v) is 8.12. The van der Waals surface area contributed by atoms with Crippen LogP contribution in [0.15, 0.2) is 58.4 Å². The standard InChI is InChI=1S/C22H19N5O4S/c1-14-2-4-15(5-3-14)10-21-24-18(13-32-21)22-25-19(26-31-22)11-20(28)23-12-16-6-8-17(9-7-16)27(29)30/h2-9,13H,10-12H2,1H3,(H,23,28). The molecule has 0 aliphatic carbocycles. The van der Waals surface area contributed by atoms with Gasteiger partial charge in [-0.05, 0) is 18.1 Å². The number of aromatic nitrogens is 3. The van der Waals surface area contributed by atoms with E-state index in [0.29, 0.717) is 5.69 Å². The van der Waals surface area contributed by atoms with Gasteiger partial charge in [0.2, 0.25) is 5.91 Å². The van der Waals surface area contributed by atoms with Gasteiger partial charge in [0.25, 0.3) is 11.6 Å². The Kier molecular flexibility index (Phi) is 6.31. The highest BCUT2D eigenvalue weighted by Crippen LogP contribution is 2.22. The number of carbonyl (C=O) groups is 1. The first kappa shape index (κ1) is 21.3. The predicted octanol–water partition coefficient (Wildman–Crippen LogP) is 3.86. The molecule has 2 heterocycles. The number of non-ortho nitro benzene ring substituents is 1. The summed E-state index contributed by atoms with van der Waals surface area (Å²) in [4.78, 5) is 31.2. The van der Waals surface area contributed by atoms with Crippen molar-refractivity contribution in [1.82, 2.24) is 20.4 Å². The van der Waals surface area contributed by atoms with Gasteiger partial charge in [-0.3, -0.25) is 14.9 Å². The van der Waals surface area contributed by atoms with Crippen LogP contribution in [0.1, 0.15) is 27.5 Å². The summed E-state index contributed by atoms with van der Waals surface area (Å²) in [6, 6.07) is 14.3. The Balaban J connectivity index is 1.31. The lowest BCUT2D eigenvalue weighted by atomic mass is 10.1. The second kappa shape index (κ2) is 9.48. The van der Waals surface area contributed by atoms with Crippen molar-refractivity contribution in [3.63, 3.8) is 0 Å². The lowest BCUT2D eigenvalue weighted by molar-refractivity contribution is -0.384. The van der Waals surface area contributed by atoms with E-state index in [0.717, 1.165) is 17.0 Å². The summed E-state index contributed by atoms with van der Waals surface area (Å²) in [5.74, 6) is 0.248. The highest BCUT2D eigenvalue weighted by molar-refractivity contribution is 7.10. The van der Waals surface area contributed by atoms with Crippen LogP contribution >= 0.6 is 11.3 Å². The van der Waals surface area contributed by atoms with Crippen LogP contribution in [-0.4, -0.2) is 26.0 Å². The maximum Gasteiger partial charge on any atom is 0.277 e. The SMILES string of the molecule is Cc1ccc(Cc2nc(-c3nc(CC(=O)NCc4ccc([N+](=O)[O-])cc4)no3)cs2)cc1. The molecule has 9 nitrogen and oxygen atoms in total. The summed E-state index contributed by atoms with van der Waals surface area (Å²) in [6.45, 7) is 2.30. The van der Waals surface area contributed by atoms with Crippen LogP contribution in [0.3, 0.4) is 0 Å².